The van der Waals surface area contributed by atoms with Crippen LogP contribution in [0, 0.1) is 11.8 Å². The highest BCUT2D eigenvalue weighted by molar-refractivity contribution is 5.83. The smallest absolute Gasteiger partial charge is 0.408 e. The summed E-state index contributed by atoms with van der Waals surface area (Å²) in [5, 5.41) is 2.31. The van der Waals surface area contributed by atoms with Crippen molar-refractivity contribution in [3.05, 3.63) is 0 Å². The van der Waals surface area contributed by atoms with E-state index in [1.807, 2.05) is 0 Å². The lowest BCUT2D eigenvalue weighted by atomic mass is 9.95. The van der Waals surface area contributed by atoms with E-state index in [-0.39, 0.29) is 19.5 Å². The van der Waals surface area contributed by atoms with Gasteiger partial charge in [0.05, 0.1) is 12.5 Å². The van der Waals surface area contributed by atoms with Gasteiger partial charge in [0, 0.05) is 0 Å². The molecule has 176 valence electrons. The van der Waals surface area contributed by atoms with Gasteiger partial charge in [-0.15, -0.1) is 0 Å². The molecule has 1 fully saturated rings. The number of amides is 1. The third-order valence-electron chi connectivity index (χ3n) is 4.17. The summed E-state index contributed by atoms with van der Waals surface area (Å²) in [7, 11) is 0. The molecule has 4 unspecified atom stereocenters. The number of nitrogens with one attached hydrogen (secondary N) is 1. The minimum atomic E-state index is -1.33. The van der Waals surface area contributed by atoms with Crippen LogP contribution in [0.4, 0.5) is 4.79 Å². The Hall–Kier alpha value is -2.85. The van der Waals surface area contributed by atoms with Gasteiger partial charge >= 0.3 is 24.0 Å². The molecule has 1 amide bonds. The maximum absolute atomic E-state index is 12.7. The monoisotopic (exact) mass is 445 g/mol. The number of ether oxygens (including phenoxy) is 5. The molecule has 0 bridgehead atoms. The summed E-state index contributed by atoms with van der Waals surface area (Å²) in [5.74, 6) is -3.85. The summed E-state index contributed by atoms with van der Waals surface area (Å²) in [6, 6.07) is -1.33. The number of esters is 3. The van der Waals surface area contributed by atoms with Crippen LogP contribution in [-0.4, -0.2) is 67.5 Å². The van der Waals surface area contributed by atoms with Crippen molar-refractivity contribution in [1.29, 1.82) is 0 Å². The third-order valence-corrected chi connectivity index (χ3v) is 4.17. The highest BCUT2D eigenvalue weighted by Crippen LogP contribution is 2.24. The fraction of sp³-hybridized carbons (Fsp3) is 0.750. The SMILES string of the molecule is CC(C)C(=O)OC1C(C)OC(=O)C(NC(=O)OC(C)(C)C)COC(=O)C1CCOC=O. The molecule has 0 aliphatic carbocycles. The zero-order chi connectivity index (χ0) is 23.8. The Morgan fingerprint density at radius 3 is 2.42 bits per heavy atom. The first kappa shape index (κ1) is 26.2. The summed E-state index contributed by atoms with van der Waals surface area (Å²) < 4.78 is 25.8. The molecule has 31 heavy (non-hydrogen) atoms. The van der Waals surface area contributed by atoms with Crippen LogP contribution in [0.3, 0.4) is 0 Å². The predicted molar refractivity (Wildman–Crippen MR) is 105 cm³/mol. The molecule has 1 heterocycles. The molecule has 0 aromatic carbocycles. The number of carbonyl (C=O) groups is 5. The number of alkyl carbamates (subject to hydrolysis) is 1. The van der Waals surface area contributed by atoms with Crippen LogP contribution < -0.4 is 5.32 Å². The number of hydrogen-bond donors (Lipinski definition) is 1. The average molecular weight is 445 g/mol. The molecule has 0 radical (unpaired) electrons. The Morgan fingerprint density at radius 2 is 1.87 bits per heavy atom. The summed E-state index contributed by atoms with van der Waals surface area (Å²) >= 11 is 0. The third kappa shape index (κ3) is 8.81. The maximum Gasteiger partial charge on any atom is 0.408 e. The Labute approximate surface area is 181 Å². The highest BCUT2D eigenvalue weighted by atomic mass is 16.6. The van der Waals surface area contributed by atoms with Gasteiger partial charge in [-0.3, -0.25) is 14.4 Å². The van der Waals surface area contributed by atoms with Crippen LogP contribution in [0.2, 0.25) is 0 Å². The molecule has 1 aliphatic heterocycles. The van der Waals surface area contributed by atoms with E-state index >= 15 is 0 Å². The average Bonchev–Trinajstić information content (AvgIpc) is 2.67. The standard InChI is InChI=1S/C20H31NO10/c1-11(2)16(23)30-15-12(3)29-18(25)14(21-19(26)31-20(4,5)6)9-28-17(24)13(15)7-8-27-10-22/h10-15H,7-9H2,1-6H3,(H,21,26). The quantitative estimate of drug-likeness (QED) is 0.262. The lowest BCUT2D eigenvalue weighted by molar-refractivity contribution is -0.177. The van der Waals surface area contributed by atoms with Crippen LogP contribution in [-0.2, 0) is 42.9 Å². The van der Waals surface area contributed by atoms with E-state index in [0.29, 0.717) is 0 Å². The molecular formula is C20H31NO10. The summed E-state index contributed by atoms with van der Waals surface area (Å²) in [6.07, 6.45) is -3.15. The van der Waals surface area contributed by atoms with Crippen molar-refractivity contribution in [1.82, 2.24) is 5.32 Å². The number of hydrogen-bond acceptors (Lipinski definition) is 10. The lowest BCUT2D eigenvalue weighted by Gasteiger charge is -2.29. The molecule has 4 atom stereocenters. The second kappa shape index (κ2) is 11.5. The number of rotatable bonds is 7. The van der Waals surface area contributed by atoms with Gasteiger partial charge in [0.15, 0.2) is 12.1 Å². The van der Waals surface area contributed by atoms with Crippen molar-refractivity contribution >= 4 is 30.5 Å². The fourth-order valence-corrected chi connectivity index (χ4v) is 2.66. The van der Waals surface area contributed by atoms with Crippen molar-refractivity contribution < 1.29 is 47.7 Å². The topological polar surface area (TPSA) is 144 Å². The van der Waals surface area contributed by atoms with E-state index in [9.17, 15) is 24.0 Å². The summed E-state index contributed by atoms with van der Waals surface area (Å²) in [6.45, 7) is 9.18. The second-order valence-electron chi connectivity index (χ2n) is 8.39. The Kier molecular flexibility index (Phi) is 9.73. The van der Waals surface area contributed by atoms with E-state index in [4.69, 9.17) is 18.9 Å². The normalized spacial score (nSPS) is 24.6. The second-order valence-corrected chi connectivity index (χ2v) is 8.39. The van der Waals surface area contributed by atoms with Crippen molar-refractivity contribution in [2.24, 2.45) is 11.8 Å². The summed E-state index contributed by atoms with van der Waals surface area (Å²) in [4.78, 5) is 60.0. The summed E-state index contributed by atoms with van der Waals surface area (Å²) in [5.41, 5.74) is -0.809. The Bertz CT molecular complexity index is 669. The molecule has 1 aliphatic rings. The predicted octanol–water partition coefficient (Wildman–Crippen LogP) is 1.12. The molecule has 1 N–H and O–H groups in total. The molecular weight excluding hydrogens is 414 g/mol. The van der Waals surface area contributed by atoms with Gasteiger partial charge in [0.1, 0.15) is 24.2 Å². The van der Waals surface area contributed by atoms with E-state index in [0.717, 1.165) is 0 Å². The number of carbonyl (C=O) groups excluding carboxylic acids is 5. The van der Waals surface area contributed by atoms with Gasteiger partial charge in [-0.1, -0.05) is 13.8 Å². The van der Waals surface area contributed by atoms with Gasteiger partial charge in [-0.2, -0.15) is 0 Å². The van der Waals surface area contributed by atoms with E-state index in [1.165, 1.54) is 6.92 Å². The van der Waals surface area contributed by atoms with Crippen LogP contribution in [0.5, 0.6) is 0 Å². The van der Waals surface area contributed by atoms with Crippen LogP contribution in [0.15, 0.2) is 0 Å². The van der Waals surface area contributed by atoms with Gasteiger partial charge in [-0.25, -0.2) is 9.59 Å². The van der Waals surface area contributed by atoms with Crippen LogP contribution in [0.1, 0.15) is 48.0 Å². The zero-order valence-corrected chi connectivity index (χ0v) is 18.7. The van der Waals surface area contributed by atoms with Crippen molar-refractivity contribution in [3.8, 4) is 0 Å². The minimum absolute atomic E-state index is 0.0281. The van der Waals surface area contributed by atoms with Crippen LogP contribution >= 0.6 is 0 Å². The van der Waals surface area contributed by atoms with Gasteiger partial charge < -0.3 is 29.0 Å². The van der Waals surface area contributed by atoms with Crippen LogP contribution in [0.25, 0.3) is 0 Å². The highest BCUT2D eigenvalue weighted by Gasteiger charge is 2.42. The van der Waals surface area contributed by atoms with Crippen molar-refractivity contribution in [3.63, 3.8) is 0 Å². The molecule has 11 nitrogen and oxygen atoms in total. The maximum atomic E-state index is 12.7. The zero-order valence-electron chi connectivity index (χ0n) is 18.7. The lowest BCUT2D eigenvalue weighted by Crippen LogP contribution is -2.48. The fourth-order valence-electron chi connectivity index (χ4n) is 2.66. The van der Waals surface area contributed by atoms with Gasteiger partial charge in [0.2, 0.25) is 0 Å². The van der Waals surface area contributed by atoms with E-state index < -0.39 is 66.3 Å². The van der Waals surface area contributed by atoms with Gasteiger partial charge in [0.25, 0.3) is 6.47 Å². The largest absolute Gasteiger partial charge is 0.468 e. The molecule has 1 rings (SSSR count). The molecule has 11 heteroatoms. The van der Waals surface area contributed by atoms with E-state index in [1.54, 1.807) is 34.6 Å². The first-order valence-electron chi connectivity index (χ1n) is 9.98. The van der Waals surface area contributed by atoms with E-state index in [2.05, 4.69) is 10.1 Å². The van der Waals surface area contributed by atoms with Gasteiger partial charge in [-0.05, 0) is 34.1 Å². The first-order valence-corrected chi connectivity index (χ1v) is 9.98. The molecule has 1 saturated heterocycles. The number of cyclic esters (lactones) is 2. The molecule has 0 saturated carbocycles. The molecule has 0 aromatic rings. The van der Waals surface area contributed by atoms with Crippen molar-refractivity contribution in [2.75, 3.05) is 13.2 Å². The first-order chi connectivity index (χ1) is 14.4. The Morgan fingerprint density at radius 1 is 1.23 bits per heavy atom. The minimum Gasteiger partial charge on any atom is -0.468 e. The molecule has 0 spiro atoms. The van der Waals surface area contributed by atoms with Crippen molar-refractivity contribution in [2.45, 2.75) is 71.8 Å². The Balaban J connectivity index is 3.09. The molecule has 0 aromatic heterocycles.